The molecule has 1 amide bonds. The lowest BCUT2D eigenvalue weighted by molar-refractivity contribution is -0.109. The number of hydrogen-bond acceptors (Lipinski definition) is 5. The predicted octanol–water partition coefficient (Wildman–Crippen LogP) is 2.41. The van der Waals surface area contributed by atoms with Crippen molar-refractivity contribution in [1.82, 2.24) is 15.3 Å². The maximum atomic E-state index is 11.4. The van der Waals surface area contributed by atoms with Gasteiger partial charge in [0, 0.05) is 20.0 Å². The fourth-order valence-corrected chi connectivity index (χ4v) is 3.78. The smallest absolute Gasteiger partial charge is 0.422 e. The van der Waals surface area contributed by atoms with Gasteiger partial charge in [-0.15, -0.1) is 0 Å². The maximum absolute atomic E-state index is 11.4. The largest absolute Gasteiger partial charge is 0.494 e. The normalized spacial score (nSPS) is 16.7. The summed E-state index contributed by atoms with van der Waals surface area (Å²) in [6.07, 6.45) is 2.77. The van der Waals surface area contributed by atoms with Gasteiger partial charge in [0.1, 0.15) is 12.0 Å². The summed E-state index contributed by atoms with van der Waals surface area (Å²) in [6, 6.07) is 7.92. The molecule has 2 N–H and O–H groups in total. The van der Waals surface area contributed by atoms with Gasteiger partial charge >= 0.3 is 6.09 Å². The van der Waals surface area contributed by atoms with Crippen LogP contribution in [0.25, 0.3) is 0 Å². The van der Waals surface area contributed by atoms with Crippen LogP contribution in [0.4, 0.5) is 4.79 Å². The summed E-state index contributed by atoms with van der Waals surface area (Å²) >= 11 is 0. The van der Waals surface area contributed by atoms with Gasteiger partial charge < -0.3 is 19.5 Å². The number of hydrazine groups is 1. The van der Waals surface area contributed by atoms with Crippen molar-refractivity contribution in [1.29, 1.82) is 0 Å². The van der Waals surface area contributed by atoms with Gasteiger partial charge in [0.2, 0.25) is 0 Å². The molecule has 0 aromatic heterocycles. The van der Waals surface area contributed by atoms with Crippen LogP contribution in [0.1, 0.15) is 31.7 Å². The van der Waals surface area contributed by atoms with E-state index in [0.717, 1.165) is 50.9 Å². The third-order valence-electron chi connectivity index (χ3n) is 5.24. The molecule has 1 atom stereocenters. The third-order valence-corrected chi connectivity index (χ3v) is 5.24. The minimum atomic E-state index is -1.04. The Kier molecular flexibility index (Phi) is 8.54. The fraction of sp³-hybridized carbons (Fsp3) is 0.600. The molecule has 0 saturated carbocycles. The minimum Gasteiger partial charge on any atom is -0.494 e. The average Bonchev–Trinajstić information content (AvgIpc) is 2.68. The molecule has 1 heterocycles. The molecule has 2 rings (SSSR count). The lowest BCUT2D eigenvalue weighted by Gasteiger charge is -2.39. The Bertz CT molecular complexity index is 585. The molecule has 0 aliphatic carbocycles. The molecule has 0 bridgehead atoms. The summed E-state index contributed by atoms with van der Waals surface area (Å²) in [7, 11) is 1.58. The van der Waals surface area contributed by atoms with Crippen LogP contribution in [0.2, 0.25) is 0 Å². The molecule has 7 heteroatoms. The zero-order valence-electron chi connectivity index (χ0n) is 16.3. The number of piperidine rings is 1. The Morgan fingerprint density at radius 2 is 2.04 bits per heavy atom. The standard InChI is InChI=1S/C20H31N3O4/c1-3-27-18-6-4-16(5-7-18)8-12-22-13-9-17(10-14-22)19(11-15-24)23(21-2)20(25)26/h4-7,15,17,19,21H,3,8-14H2,1-2H3,(H,25,26). The summed E-state index contributed by atoms with van der Waals surface area (Å²) < 4.78 is 5.47. The zero-order valence-corrected chi connectivity index (χ0v) is 16.3. The van der Waals surface area contributed by atoms with Crippen LogP contribution < -0.4 is 10.2 Å². The van der Waals surface area contributed by atoms with Gasteiger partial charge in [0.25, 0.3) is 0 Å². The number of rotatable bonds is 10. The number of carboxylic acid groups (broad SMARTS) is 1. The molecule has 1 aliphatic heterocycles. The van der Waals surface area contributed by atoms with Gasteiger partial charge in [0.05, 0.1) is 12.6 Å². The van der Waals surface area contributed by atoms with Crippen molar-refractivity contribution in [2.45, 2.75) is 38.6 Å². The Morgan fingerprint density at radius 1 is 1.37 bits per heavy atom. The summed E-state index contributed by atoms with van der Waals surface area (Å²) in [5.41, 5.74) is 3.99. The minimum absolute atomic E-state index is 0.195. The second-order valence-corrected chi connectivity index (χ2v) is 6.85. The predicted molar refractivity (Wildman–Crippen MR) is 104 cm³/mol. The number of likely N-dealkylation sites (tertiary alicyclic amines) is 1. The molecule has 27 heavy (non-hydrogen) atoms. The van der Waals surface area contributed by atoms with Crippen LogP contribution in [0.5, 0.6) is 5.75 Å². The number of nitrogens with one attached hydrogen (secondary N) is 1. The number of hydrogen-bond donors (Lipinski definition) is 2. The summed E-state index contributed by atoms with van der Waals surface area (Å²) in [5, 5.41) is 10.5. The zero-order chi connectivity index (χ0) is 19.6. The van der Waals surface area contributed by atoms with E-state index in [1.165, 1.54) is 10.6 Å². The molecule has 1 aromatic rings. The third kappa shape index (κ3) is 6.22. The quantitative estimate of drug-likeness (QED) is 0.481. The Labute approximate surface area is 161 Å². The summed E-state index contributed by atoms with van der Waals surface area (Å²) in [6.45, 7) is 5.48. The van der Waals surface area contributed by atoms with Gasteiger partial charge in [0.15, 0.2) is 0 Å². The highest BCUT2D eigenvalue weighted by molar-refractivity contribution is 5.65. The summed E-state index contributed by atoms with van der Waals surface area (Å²) in [4.78, 5) is 24.8. The van der Waals surface area contributed by atoms with Crippen LogP contribution in [0.3, 0.4) is 0 Å². The van der Waals surface area contributed by atoms with Crippen LogP contribution in [0, 0.1) is 5.92 Å². The van der Waals surface area contributed by atoms with Gasteiger partial charge in [-0.3, -0.25) is 0 Å². The van der Waals surface area contributed by atoms with E-state index in [1.54, 1.807) is 7.05 Å². The molecule has 150 valence electrons. The van der Waals surface area contributed by atoms with E-state index in [4.69, 9.17) is 4.74 Å². The van der Waals surface area contributed by atoms with Gasteiger partial charge in [-0.1, -0.05) is 12.1 Å². The van der Waals surface area contributed by atoms with E-state index in [1.807, 2.05) is 19.1 Å². The molecular formula is C20H31N3O4. The highest BCUT2D eigenvalue weighted by Crippen LogP contribution is 2.25. The lowest BCUT2D eigenvalue weighted by Crippen LogP contribution is -2.52. The number of aldehydes is 1. The number of benzene rings is 1. The molecule has 1 aliphatic rings. The molecular weight excluding hydrogens is 346 g/mol. The van der Waals surface area contributed by atoms with Crippen molar-refractivity contribution in [3.8, 4) is 5.75 Å². The van der Waals surface area contributed by atoms with Gasteiger partial charge in [-0.2, -0.15) is 0 Å². The number of carbonyl (C=O) groups is 2. The molecule has 1 fully saturated rings. The van der Waals surface area contributed by atoms with Crippen molar-refractivity contribution in [2.24, 2.45) is 5.92 Å². The lowest BCUT2D eigenvalue weighted by atomic mass is 9.87. The highest BCUT2D eigenvalue weighted by Gasteiger charge is 2.32. The van der Waals surface area contributed by atoms with E-state index in [9.17, 15) is 14.7 Å². The SMILES string of the molecule is CCOc1ccc(CCN2CCC(C(CC=O)N(NC)C(=O)O)CC2)cc1. The first-order chi connectivity index (χ1) is 13.1. The van der Waals surface area contributed by atoms with Crippen molar-refractivity contribution < 1.29 is 19.4 Å². The van der Waals surface area contributed by atoms with E-state index in [-0.39, 0.29) is 18.4 Å². The monoisotopic (exact) mass is 377 g/mol. The molecule has 0 radical (unpaired) electrons. The van der Waals surface area contributed by atoms with E-state index < -0.39 is 6.09 Å². The second-order valence-electron chi connectivity index (χ2n) is 6.85. The van der Waals surface area contributed by atoms with Crippen LogP contribution in [-0.2, 0) is 11.2 Å². The summed E-state index contributed by atoms with van der Waals surface area (Å²) in [5.74, 6) is 1.09. The number of ether oxygens (including phenoxy) is 1. The molecule has 0 spiro atoms. The van der Waals surface area contributed by atoms with Crippen molar-refractivity contribution >= 4 is 12.4 Å². The molecule has 1 aromatic carbocycles. The number of carbonyl (C=O) groups excluding carboxylic acids is 1. The van der Waals surface area contributed by atoms with Crippen LogP contribution >= 0.6 is 0 Å². The van der Waals surface area contributed by atoms with E-state index in [2.05, 4.69) is 22.5 Å². The number of nitrogens with zero attached hydrogens (tertiary/aromatic N) is 2. The maximum Gasteiger partial charge on any atom is 0.422 e. The topological polar surface area (TPSA) is 82.1 Å². The van der Waals surface area contributed by atoms with Crippen LogP contribution in [0.15, 0.2) is 24.3 Å². The van der Waals surface area contributed by atoms with E-state index >= 15 is 0 Å². The Morgan fingerprint density at radius 3 is 2.56 bits per heavy atom. The van der Waals surface area contributed by atoms with Crippen molar-refractivity contribution in [3.63, 3.8) is 0 Å². The first-order valence-corrected chi connectivity index (χ1v) is 9.66. The van der Waals surface area contributed by atoms with Crippen molar-refractivity contribution in [3.05, 3.63) is 29.8 Å². The molecule has 1 unspecified atom stereocenters. The highest BCUT2D eigenvalue weighted by atomic mass is 16.5. The fourth-order valence-electron chi connectivity index (χ4n) is 3.78. The first kappa shape index (κ1) is 21.2. The number of amides is 1. The van der Waals surface area contributed by atoms with Crippen molar-refractivity contribution in [2.75, 3.05) is 33.3 Å². The first-order valence-electron chi connectivity index (χ1n) is 9.66. The van der Waals surface area contributed by atoms with Gasteiger partial charge in [-0.05, 0) is 62.9 Å². The van der Waals surface area contributed by atoms with Crippen LogP contribution in [-0.4, -0.2) is 66.7 Å². The molecule has 1 saturated heterocycles. The second kappa shape index (κ2) is 10.9. The van der Waals surface area contributed by atoms with E-state index in [0.29, 0.717) is 6.61 Å². The Balaban J connectivity index is 1.82. The average molecular weight is 377 g/mol. The Hall–Kier alpha value is -2.12. The van der Waals surface area contributed by atoms with Gasteiger partial charge in [-0.25, -0.2) is 15.2 Å². The molecule has 7 nitrogen and oxygen atoms in total.